The van der Waals surface area contributed by atoms with Crippen molar-refractivity contribution in [2.45, 2.75) is 37.6 Å². The number of ether oxygens (including phenoxy) is 2. The highest BCUT2D eigenvalue weighted by Gasteiger charge is 2.45. The molecule has 2 unspecified atom stereocenters. The molecule has 0 saturated carbocycles. The maximum atomic E-state index is 14.3. The van der Waals surface area contributed by atoms with Crippen LogP contribution in [0.2, 0.25) is 10.0 Å². The topological polar surface area (TPSA) is 135 Å². The molecule has 0 aromatic heterocycles. The molecule has 0 heterocycles. The number of halogens is 2. The van der Waals surface area contributed by atoms with Crippen LogP contribution in [0.5, 0.6) is 0 Å². The van der Waals surface area contributed by atoms with E-state index in [4.69, 9.17) is 32.7 Å². The summed E-state index contributed by atoms with van der Waals surface area (Å²) in [5.74, 6) is -3.44. The van der Waals surface area contributed by atoms with Crippen LogP contribution in [-0.2, 0) is 66.3 Å². The molecule has 0 fully saturated rings. The fraction of sp³-hybridized carbons (Fsp3) is 0.125. The molecule has 4 N–H and O–H groups in total. The Morgan fingerprint density at radius 2 is 0.717 bits per heavy atom. The maximum Gasteiger partial charge on any atom is 0.333 e. The normalized spacial score (nSPS) is 13.0. The number of amides is 2. The number of hydrogen-bond acceptors (Lipinski definition) is 8. The molecule has 6 aromatic rings. The van der Waals surface area contributed by atoms with Crippen molar-refractivity contribution in [2.75, 3.05) is 0 Å². The van der Waals surface area contributed by atoms with Crippen molar-refractivity contribution in [2.24, 2.45) is 0 Å². The molecule has 2 atom stereocenters. The number of carbonyl (C=O) groups is 4. The van der Waals surface area contributed by atoms with Crippen LogP contribution in [0.3, 0.4) is 0 Å². The van der Waals surface area contributed by atoms with Crippen LogP contribution in [0.4, 0.5) is 0 Å². The molecular weight excluding hydrogens is 799 g/mol. The molecule has 0 saturated heterocycles. The van der Waals surface area contributed by atoms with Gasteiger partial charge in [0.1, 0.15) is 0 Å². The Balaban J connectivity index is 1.30. The highest BCUT2D eigenvalue weighted by atomic mass is 35.5. The standard InChI is InChI=1S/C48H42Cl2N4O6/c49-41-25-21-37(22-26-41)33-53-47(39-17-9-3-10-18-39,45(57)51-31-35-13-5-1-6-14-35)59-43(55)29-30-44(56)60-48(40-19-11-4-12-20-40,54-34-38-23-27-42(50)28-24-38)46(58)52-32-36-15-7-2-8-16-36/h1-30,53-54H,31-34H2,(H,51,57)(H,52,58)/b30-29+. The van der Waals surface area contributed by atoms with E-state index in [2.05, 4.69) is 21.3 Å². The minimum Gasteiger partial charge on any atom is -0.427 e. The third kappa shape index (κ3) is 11.6. The number of esters is 2. The zero-order valence-electron chi connectivity index (χ0n) is 32.4. The lowest BCUT2D eigenvalue weighted by molar-refractivity contribution is -0.172. The van der Waals surface area contributed by atoms with Crippen LogP contribution in [-0.4, -0.2) is 23.8 Å². The van der Waals surface area contributed by atoms with E-state index in [1.54, 1.807) is 109 Å². The number of hydrogen-bond donors (Lipinski definition) is 4. The third-order valence-corrected chi connectivity index (χ3v) is 9.87. The van der Waals surface area contributed by atoms with Crippen LogP contribution in [0.25, 0.3) is 0 Å². The summed E-state index contributed by atoms with van der Waals surface area (Å²) in [6, 6.07) is 49.5. The van der Waals surface area contributed by atoms with E-state index in [0.29, 0.717) is 21.2 Å². The zero-order valence-corrected chi connectivity index (χ0v) is 33.9. The first-order chi connectivity index (χ1) is 29.1. The van der Waals surface area contributed by atoms with E-state index >= 15 is 0 Å². The molecule has 0 bridgehead atoms. The molecule has 6 aromatic carbocycles. The van der Waals surface area contributed by atoms with Gasteiger partial charge < -0.3 is 20.1 Å². The maximum absolute atomic E-state index is 14.3. The lowest BCUT2D eigenvalue weighted by atomic mass is 10.00. The second kappa shape index (κ2) is 20.9. The molecule has 60 heavy (non-hydrogen) atoms. The Morgan fingerprint density at radius 1 is 0.417 bits per heavy atom. The van der Waals surface area contributed by atoms with Gasteiger partial charge >= 0.3 is 11.9 Å². The lowest BCUT2D eigenvalue weighted by Gasteiger charge is -2.33. The highest BCUT2D eigenvalue weighted by molar-refractivity contribution is 6.30. The van der Waals surface area contributed by atoms with Gasteiger partial charge in [0.15, 0.2) is 0 Å². The summed E-state index contributed by atoms with van der Waals surface area (Å²) >= 11 is 12.3. The SMILES string of the molecule is O=C(/C=C/C(=O)OC(NCc1ccc(Cl)cc1)(C(=O)NCc1ccccc1)c1ccccc1)OC(NCc1ccc(Cl)cc1)(C(=O)NCc1ccccc1)c1ccccc1. The van der Waals surface area contributed by atoms with E-state index < -0.39 is 35.2 Å². The number of benzene rings is 6. The predicted molar refractivity (Wildman–Crippen MR) is 231 cm³/mol. The van der Waals surface area contributed by atoms with Crippen LogP contribution >= 0.6 is 23.2 Å². The van der Waals surface area contributed by atoms with E-state index in [9.17, 15) is 19.2 Å². The first-order valence-corrected chi connectivity index (χ1v) is 19.8. The van der Waals surface area contributed by atoms with Gasteiger partial charge in [-0.05, 0) is 46.5 Å². The molecule has 6 rings (SSSR count). The summed E-state index contributed by atoms with van der Waals surface area (Å²) in [5, 5.41) is 13.2. The number of carbonyl (C=O) groups excluding carboxylic acids is 4. The van der Waals surface area contributed by atoms with Gasteiger partial charge in [0.25, 0.3) is 23.3 Å². The van der Waals surface area contributed by atoms with Crippen molar-refractivity contribution >= 4 is 47.0 Å². The Bertz CT molecular complexity index is 2200. The van der Waals surface area contributed by atoms with Crippen molar-refractivity contribution in [1.82, 2.24) is 21.3 Å². The third-order valence-electron chi connectivity index (χ3n) is 9.36. The van der Waals surface area contributed by atoms with Gasteiger partial charge in [-0.2, -0.15) is 0 Å². The second-order valence-corrected chi connectivity index (χ2v) is 14.4. The van der Waals surface area contributed by atoms with Gasteiger partial charge in [-0.1, -0.05) is 169 Å². The molecule has 0 aliphatic rings. The summed E-state index contributed by atoms with van der Waals surface area (Å²) in [7, 11) is 0. The summed E-state index contributed by atoms with van der Waals surface area (Å²) < 4.78 is 12.1. The van der Waals surface area contributed by atoms with E-state index in [1.165, 1.54) is 0 Å². The quantitative estimate of drug-likeness (QED) is 0.0391. The fourth-order valence-corrected chi connectivity index (χ4v) is 6.48. The molecule has 0 aliphatic heterocycles. The Hall–Kier alpha value is -6.56. The van der Waals surface area contributed by atoms with E-state index in [-0.39, 0.29) is 26.2 Å². The average Bonchev–Trinajstić information content (AvgIpc) is 3.29. The van der Waals surface area contributed by atoms with Crippen LogP contribution < -0.4 is 21.3 Å². The molecule has 10 nitrogen and oxygen atoms in total. The number of nitrogens with one attached hydrogen (secondary N) is 4. The number of rotatable bonds is 18. The van der Waals surface area contributed by atoms with E-state index in [0.717, 1.165) is 34.4 Å². The minimum atomic E-state index is -2.08. The predicted octanol–water partition coefficient (Wildman–Crippen LogP) is 7.85. The zero-order chi connectivity index (χ0) is 42.2. The molecule has 304 valence electrons. The summed E-state index contributed by atoms with van der Waals surface area (Å²) in [4.78, 5) is 56.4. The van der Waals surface area contributed by atoms with Crippen LogP contribution in [0.15, 0.2) is 182 Å². The van der Waals surface area contributed by atoms with Crippen LogP contribution in [0, 0.1) is 0 Å². The minimum absolute atomic E-state index is 0.0842. The highest BCUT2D eigenvalue weighted by Crippen LogP contribution is 2.28. The average molecular weight is 842 g/mol. The summed E-state index contributed by atoms with van der Waals surface area (Å²) in [5.41, 5.74) is -0.382. The molecule has 0 radical (unpaired) electrons. The van der Waals surface area contributed by atoms with Gasteiger partial charge in [-0.15, -0.1) is 0 Å². The molecular formula is C48H42Cl2N4O6. The molecule has 0 aliphatic carbocycles. The Morgan fingerprint density at radius 3 is 1.05 bits per heavy atom. The first kappa shape index (κ1) is 43.0. The van der Waals surface area contributed by atoms with Gasteiger partial charge in [0, 0.05) is 59.5 Å². The Kier molecular flexibility index (Phi) is 15.0. The van der Waals surface area contributed by atoms with Crippen molar-refractivity contribution in [1.29, 1.82) is 0 Å². The monoisotopic (exact) mass is 840 g/mol. The molecule has 12 heteroatoms. The van der Waals surface area contributed by atoms with Gasteiger partial charge in [0.2, 0.25) is 0 Å². The molecule has 0 spiro atoms. The van der Waals surface area contributed by atoms with Crippen molar-refractivity contribution in [3.63, 3.8) is 0 Å². The first-order valence-electron chi connectivity index (χ1n) is 19.0. The van der Waals surface area contributed by atoms with Crippen molar-refractivity contribution in [3.8, 4) is 0 Å². The Labute approximate surface area is 358 Å². The van der Waals surface area contributed by atoms with Gasteiger partial charge in [-0.3, -0.25) is 20.2 Å². The summed E-state index contributed by atoms with van der Waals surface area (Å²) in [6.07, 6.45) is 1.70. The lowest BCUT2D eigenvalue weighted by Crippen LogP contribution is -2.57. The smallest absolute Gasteiger partial charge is 0.333 e. The van der Waals surface area contributed by atoms with E-state index in [1.807, 2.05) is 60.7 Å². The fourth-order valence-electron chi connectivity index (χ4n) is 6.22. The molecule has 2 amide bonds. The van der Waals surface area contributed by atoms with Crippen molar-refractivity contribution < 1.29 is 28.7 Å². The largest absolute Gasteiger partial charge is 0.427 e. The van der Waals surface area contributed by atoms with Gasteiger partial charge in [-0.25, -0.2) is 9.59 Å². The summed E-state index contributed by atoms with van der Waals surface area (Å²) in [6.45, 7) is 0.433. The van der Waals surface area contributed by atoms with Gasteiger partial charge in [0.05, 0.1) is 0 Å². The van der Waals surface area contributed by atoms with Crippen LogP contribution in [0.1, 0.15) is 33.4 Å². The second-order valence-electron chi connectivity index (χ2n) is 13.6. The van der Waals surface area contributed by atoms with Crippen molar-refractivity contribution in [3.05, 3.63) is 225 Å².